The van der Waals surface area contributed by atoms with Crippen LogP contribution in [0, 0.1) is 11.8 Å². The first-order valence-corrected chi connectivity index (χ1v) is 10.8. The molecule has 2 aliphatic heterocycles. The first kappa shape index (κ1) is 23.4. The lowest BCUT2D eigenvalue weighted by Crippen LogP contribution is -2.50. The first-order valence-electron chi connectivity index (χ1n) is 10.8. The molecule has 0 aliphatic carbocycles. The second kappa shape index (κ2) is 10.3. The molecule has 7 heteroatoms. The van der Waals surface area contributed by atoms with Crippen molar-refractivity contribution in [3.05, 3.63) is 64.6 Å². The third-order valence-electron chi connectivity index (χ3n) is 5.95. The molecule has 0 saturated carbocycles. The van der Waals surface area contributed by atoms with E-state index in [0.717, 1.165) is 37.5 Å². The summed E-state index contributed by atoms with van der Waals surface area (Å²) in [5, 5.41) is 0. The Bertz CT molecular complexity index is 931. The SMILES string of the molecule is CC(C)C(=O)OC(COc1ccccc1)CN1C[C@@H]2C[C@H](C1)c1cccc(=O)n1C2.Cl. The molecule has 0 N–H and O–H groups in total. The van der Waals surface area contributed by atoms with Crippen molar-refractivity contribution in [2.75, 3.05) is 26.2 Å². The van der Waals surface area contributed by atoms with Crippen molar-refractivity contribution in [2.45, 2.75) is 38.8 Å². The third kappa shape index (κ3) is 5.69. The van der Waals surface area contributed by atoms with Crippen molar-refractivity contribution >= 4 is 18.4 Å². The predicted octanol–water partition coefficient (Wildman–Crippen LogP) is 3.34. The summed E-state index contributed by atoms with van der Waals surface area (Å²) in [6.45, 7) is 7.17. The Hall–Kier alpha value is -2.31. The number of fused-ring (bicyclic) bond motifs is 4. The lowest BCUT2D eigenvalue weighted by atomic mass is 9.83. The lowest BCUT2D eigenvalue weighted by molar-refractivity contribution is -0.155. The normalized spacial score (nSPS) is 21.0. The monoisotopic (exact) mass is 446 g/mol. The van der Waals surface area contributed by atoms with Crippen molar-refractivity contribution < 1.29 is 14.3 Å². The molecule has 0 radical (unpaired) electrons. The summed E-state index contributed by atoms with van der Waals surface area (Å²) in [6, 6.07) is 15.2. The second-order valence-electron chi connectivity index (χ2n) is 8.75. The quantitative estimate of drug-likeness (QED) is 0.610. The number of benzene rings is 1. The topological polar surface area (TPSA) is 60.8 Å². The Morgan fingerprint density at radius 3 is 2.58 bits per heavy atom. The Labute approximate surface area is 189 Å². The van der Waals surface area contributed by atoms with Crippen LogP contribution in [0.2, 0.25) is 0 Å². The van der Waals surface area contributed by atoms with Gasteiger partial charge in [0.05, 0.1) is 5.92 Å². The highest BCUT2D eigenvalue weighted by Gasteiger charge is 2.35. The van der Waals surface area contributed by atoms with Crippen LogP contribution in [-0.2, 0) is 16.1 Å². The van der Waals surface area contributed by atoms with E-state index in [2.05, 4.69) is 11.0 Å². The second-order valence-corrected chi connectivity index (χ2v) is 8.75. The summed E-state index contributed by atoms with van der Waals surface area (Å²) in [5.74, 6) is 1.16. The van der Waals surface area contributed by atoms with E-state index in [-0.39, 0.29) is 36.0 Å². The van der Waals surface area contributed by atoms with Crippen molar-refractivity contribution in [2.24, 2.45) is 11.8 Å². The van der Waals surface area contributed by atoms with Gasteiger partial charge >= 0.3 is 5.97 Å². The average molecular weight is 447 g/mol. The van der Waals surface area contributed by atoms with Crippen molar-refractivity contribution in [3.63, 3.8) is 0 Å². The van der Waals surface area contributed by atoms with E-state index >= 15 is 0 Å². The van der Waals surface area contributed by atoms with Crippen LogP contribution in [0.25, 0.3) is 0 Å². The Balaban J connectivity index is 0.00000272. The molecular weight excluding hydrogens is 416 g/mol. The molecule has 0 amide bonds. The fraction of sp³-hybridized carbons (Fsp3) is 0.500. The molecular formula is C24H31ClN2O4. The highest BCUT2D eigenvalue weighted by molar-refractivity contribution is 5.85. The van der Waals surface area contributed by atoms with Crippen molar-refractivity contribution in [1.82, 2.24) is 9.47 Å². The number of esters is 1. The van der Waals surface area contributed by atoms with Gasteiger partial charge in [-0.25, -0.2) is 0 Å². The first-order chi connectivity index (χ1) is 14.5. The fourth-order valence-corrected chi connectivity index (χ4v) is 4.56. The number of hydrogen-bond acceptors (Lipinski definition) is 5. The van der Waals surface area contributed by atoms with Crippen LogP contribution in [-0.4, -0.2) is 47.8 Å². The molecule has 0 spiro atoms. The number of para-hydroxylation sites is 1. The molecule has 3 atom stereocenters. The zero-order chi connectivity index (χ0) is 21.1. The van der Waals surface area contributed by atoms with E-state index < -0.39 is 0 Å². The standard InChI is InChI=1S/C24H30N2O4.ClH/c1-17(2)24(28)30-21(16-29-20-7-4-3-5-8-20)15-25-12-18-11-19(14-25)22-9-6-10-23(27)26(22)13-18;/h3-10,17-19,21H,11-16H2,1-2H3;1H/t18-,19+,21?;/m0./s1. The number of piperidine rings is 1. The van der Waals surface area contributed by atoms with Gasteiger partial charge in [-0.1, -0.05) is 38.1 Å². The Morgan fingerprint density at radius 2 is 1.84 bits per heavy atom. The van der Waals surface area contributed by atoms with Gasteiger partial charge in [-0.05, 0) is 30.5 Å². The predicted molar refractivity (Wildman–Crippen MR) is 122 cm³/mol. The van der Waals surface area contributed by atoms with Crippen LogP contribution in [0.4, 0.5) is 0 Å². The van der Waals surface area contributed by atoms with E-state index in [1.807, 2.05) is 54.8 Å². The molecule has 1 fully saturated rings. The van der Waals surface area contributed by atoms with E-state index in [9.17, 15) is 9.59 Å². The van der Waals surface area contributed by atoms with Crippen LogP contribution in [0.3, 0.4) is 0 Å². The fourth-order valence-electron chi connectivity index (χ4n) is 4.56. The average Bonchev–Trinajstić information content (AvgIpc) is 2.73. The minimum Gasteiger partial charge on any atom is -0.490 e. The summed E-state index contributed by atoms with van der Waals surface area (Å²) in [4.78, 5) is 26.9. The molecule has 2 bridgehead atoms. The molecule has 6 nitrogen and oxygen atoms in total. The molecule has 1 aromatic heterocycles. The minimum atomic E-state index is -0.336. The summed E-state index contributed by atoms with van der Waals surface area (Å²) < 4.78 is 13.6. The zero-order valence-electron chi connectivity index (χ0n) is 18.1. The summed E-state index contributed by atoms with van der Waals surface area (Å²) >= 11 is 0. The Kier molecular flexibility index (Phi) is 7.79. The van der Waals surface area contributed by atoms with Crippen LogP contribution in [0.5, 0.6) is 5.75 Å². The maximum absolute atomic E-state index is 12.3. The molecule has 168 valence electrons. The van der Waals surface area contributed by atoms with Gasteiger partial charge < -0.3 is 14.0 Å². The number of aromatic nitrogens is 1. The van der Waals surface area contributed by atoms with Gasteiger partial charge in [-0.3, -0.25) is 14.5 Å². The van der Waals surface area contributed by atoms with Gasteiger partial charge in [0.25, 0.3) is 5.56 Å². The molecule has 1 unspecified atom stereocenters. The molecule has 1 saturated heterocycles. The molecule has 4 rings (SSSR count). The number of halogens is 1. The molecule has 1 aromatic carbocycles. The molecule has 2 aromatic rings. The summed E-state index contributed by atoms with van der Waals surface area (Å²) in [5.41, 5.74) is 1.22. The van der Waals surface area contributed by atoms with E-state index in [1.54, 1.807) is 6.07 Å². The van der Waals surface area contributed by atoms with Crippen LogP contribution >= 0.6 is 12.4 Å². The Morgan fingerprint density at radius 1 is 1.06 bits per heavy atom. The zero-order valence-corrected chi connectivity index (χ0v) is 18.9. The molecule has 31 heavy (non-hydrogen) atoms. The van der Waals surface area contributed by atoms with E-state index in [4.69, 9.17) is 9.47 Å². The van der Waals surface area contributed by atoms with Gasteiger partial charge in [-0.2, -0.15) is 0 Å². The van der Waals surface area contributed by atoms with Gasteiger partial charge in [0.2, 0.25) is 0 Å². The van der Waals surface area contributed by atoms with Gasteiger partial charge in [0.1, 0.15) is 18.5 Å². The number of likely N-dealkylation sites (tertiary alicyclic amines) is 1. The van der Waals surface area contributed by atoms with E-state index in [0.29, 0.717) is 25.0 Å². The number of rotatable bonds is 7. The van der Waals surface area contributed by atoms with Crippen molar-refractivity contribution in [1.29, 1.82) is 0 Å². The highest BCUT2D eigenvalue weighted by atomic mass is 35.5. The van der Waals surface area contributed by atoms with Gasteiger partial charge in [0.15, 0.2) is 0 Å². The number of carbonyl (C=O) groups is 1. The number of pyridine rings is 1. The lowest BCUT2D eigenvalue weighted by Gasteiger charge is -2.43. The smallest absolute Gasteiger partial charge is 0.308 e. The molecule has 2 aliphatic rings. The molecule has 3 heterocycles. The van der Waals surface area contributed by atoms with Crippen LogP contribution in [0.1, 0.15) is 31.9 Å². The maximum atomic E-state index is 12.3. The number of hydrogen-bond donors (Lipinski definition) is 0. The van der Waals surface area contributed by atoms with Gasteiger partial charge in [-0.15, -0.1) is 12.4 Å². The number of carbonyl (C=O) groups excluding carboxylic acids is 1. The maximum Gasteiger partial charge on any atom is 0.308 e. The number of ether oxygens (including phenoxy) is 2. The summed E-state index contributed by atoms with van der Waals surface area (Å²) in [6.07, 6.45) is 0.772. The van der Waals surface area contributed by atoms with Crippen LogP contribution < -0.4 is 10.3 Å². The van der Waals surface area contributed by atoms with Gasteiger partial charge in [0, 0.05) is 43.9 Å². The largest absolute Gasteiger partial charge is 0.490 e. The third-order valence-corrected chi connectivity index (χ3v) is 5.95. The minimum absolute atomic E-state index is 0. The van der Waals surface area contributed by atoms with E-state index in [1.165, 1.54) is 0 Å². The van der Waals surface area contributed by atoms with Crippen LogP contribution in [0.15, 0.2) is 53.3 Å². The summed E-state index contributed by atoms with van der Waals surface area (Å²) in [7, 11) is 0. The number of nitrogens with zero attached hydrogens (tertiary/aromatic N) is 2. The highest BCUT2D eigenvalue weighted by Crippen LogP contribution is 2.35. The van der Waals surface area contributed by atoms with Crippen molar-refractivity contribution in [3.8, 4) is 5.75 Å².